The Morgan fingerprint density at radius 2 is 2.00 bits per heavy atom. The number of aryl methyl sites for hydroxylation is 1. The Balaban J connectivity index is 2.88. The van der Waals surface area contributed by atoms with E-state index in [9.17, 15) is 0 Å². The van der Waals surface area contributed by atoms with Gasteiger partial charge in [0.15, 0.2) is 0 Å². The van der Waals surface area contributed by atoms with Crippen LogP contribution in [0, 0.1) is 6.92 Å². The number of rotatable bonds is 4. The molecule has 0 fully saturated rings. The van der Waals surface area contributed by atoms with Gasteiger partial charge in [-0.15, -0.1) is 0 Å². The summed E-state index contributed by atoms with van der Waals surface area (Å²) in [7, 11) is 0. The molecule has 0 amide bonds. The highest BCUT2D eigenvalue weighted by Gasteiger charge is 2.26. The molecule has 13 heavy (non-hydrogen) atoms. The van der Waals surface area contributed by atoms with Crippen LogP contribution in [0.4, 0.5) is 0 Å². The molecule has 0 radical (unpaired) electrons. The molecule has 0 saturated heterocycles. The van der Waals surface area contributed by atoms with Gasteiger partial charge in [-0.2, -0.15) is 0 Å². The van der Waals surface area contributed by atoms with Crippen LogP contribution in [0.5, 0.6) is 0 Å². The Morgan fingerprint density at radius 1 is 1.31 bits per heavy atom. The highest BCUT2D eigenvalue weighted by atomic mass is 16.3. The predicted molar refractivity (Wildman–Crippen MR) is 56.0 cm³/mol. The molecule has 1 heteroatoms. The Morgan fingerprint density at radius 3 is 2.38 bits per heavy atom. The standard InChI is InChI=1S/C12H20O/c1-5-9-12(4,6-2)11-8-7-10(3)13-11/h7-8H,5-6,9H2,1-4H3. The quantitative estimate of drug-likeness (QED) is 0.681. The van der Waals surface area contributed by atoms with Crippen LogP contribution in [0.15, 0.2) is 16.5 Å². The first-order valence-corrected chi connectivity index (χ1v) is 5.19. The van der Waals surface area contributed by atoms with Gasteiger partial charge in [0.2, 0.25) is 0 Å². The summed E-state index contributed by atoms with van der Waals surface area (Å²) in [6.07, 6.45) is 3.56. The summed E-state index contributed by atoms with van der Waals surface area (Å²) in [5.41, 5.74) is 0.239. The summed E-state index contributed by atoms with van der Waals surface area (Å²) in [4.78, 5) is 0. The van der Waals surface area contributed by atoms with Crippen LogP contribution in [-0.2, 0) is 5.41 Å². The van der Waals surface area contributed by atoms with Gasteiger partial charge in [0.05, 0.1) is 0 Å². The van der Waals surface area contributed by atoms with Gasteiger partial charge in [0, 0.05) is 5.41 Å². The normalized spacial score (nSPS) is 15.7. The molecule has 0 bridgehead atoms. The summed E-state index contributed by atoms with van der Waals surface area (Å²) in [5, 5.41) is 0. The molecule has 1 unspecified atom stereocenters. The van der Waals surface area contributed by atoms with Gasteiger partial charge in [0.1, 0.15) is 11.5 Å². The summed E-state index contributed by atoms with van der Waals surface area (Å²) in [6, 6.07) is 4.17. The first kappa shape index (κ1) is 10.4. The van der Waals surface area contributed by atoms with Crippen LogP contribution in [-0.4, -0.2) is 0 Å². The van der Waals surface area contributed by atoms with Crippen LogP contribution in [0.3, 0.4) is 0 Å². The third-order valence-electron chi connectivity index (χ3n) is 2.92. The van der Waals surface area contributed by atoms with Crippen molar-refractivity contribution >= 4 is 0 Å². The zero-order valence-corrected chi connectivity index (χ0v) is 9.18. The molecule has 74 valence electrons. The molecule has 1 aromatic heterocycles. The highest BCUT2D eigenvalue weighted by Crippen LogP contribution is 2.33. The van der Waals surface area contributed by atoms with E-state index in [4.69, 9.17) is 4.42 Å². The lowest BCUT2D eigenvalue weighted by atomic mass is 9.81. The second-order valence-corrected chi connectivity index (χ2v) is 4.07. The van der Waals surface area contributed by atoms with E-state index in [0.29, 0.717) is 0 Å². The van der Waals surface area contributed by atoms with E-state index in [1.807, 2.05) is 6.92 Å². The van der Waals surface area contributed by atoms with Gasteiger partial charge in [-0.3, -0.25) is 0 Å². The van der Waals surface area contributed by atoms with Crippen molar-refractivity contribution in [2.24, 2.45) is 0 Å². The SMILES string of the molecule is CCCC(C)(CC)c1ccc(C)o1. The van der Waals surface area contributed by atoms with Crippen molar-refractivity contribution in [3.05, 3.63) is 23.7 Å². The van der Waals surface area contributed by atoms with Crippen LogP contribution >= 0.6 is 0 Å². The topological polar surface area (TPSA) is 13.1 Å². The smallest absolute Gasteiger partial charge is 0.110 e. The molecule has 0 aromatic carbocycles. The summed E-state index contributed by atoms with van der Waals surface area (Å²) >= 11 is 0. The molecule has 0 aliphatic carbocycles. The third-order valence-corrected chi connectivity index (χ3v) is 2.92. The molecule has 1 heterocycles. The summed E-state index contributed by atoms with van der Waals surface area (Å²) < 4.78 is 5.69. The molecular weight excluding hydrogens is 160 g/mol. The van der Waals surface area contributed by atoms with Crippen molar-refractivity contribution in [3.63, 3.8) is 0 Å². The first-order chi connectivity index (χ1) is 6.12. The Labute approximate surface area is 81.1 Å². The van der Waals surface area contributed by atoms with Gasteiger partial charge in [-0.1, -0.05) is 27.2 Å². The van der Waals surface area contributed by atoms with Gasteiger partial charge in [-0.05, 0) is 31.9 Å². The van der Waals surface area contributed by atoms with Crippen molar-refractivity contribution in [1.82, 2.24) is 0 Å². The summed E-state index contributed by atoms with van der Waals surface area (Å²) in [5.74, 6) is 2.17. The molecule has 1 rings (SSSR count). The monoisotopic (exact) mass is 180 g/mol. The van der Waals surface area contributed by atoms with Crippen molar-refractivity contribution in [3.8, 4) is 0 Å². The molecule has 1 nitrogen and oxygen atoms in total. The minimum absolute atomic E-state index is 0.239. The molecule has 0 aliphatic heterocycles. The maximum Gasteiger partial charge on any atom is 0.110 e. The van der Waals surface area contributed by atoms with E-state index >= 15 is 0 Å². The van der Waals surface area contributed by atoms with Crippen LogP contribution in [0.25, 0.3) is 0 Å². The number of hydrogen-bond acceptors (Lipinski definition) is 1. The van der Waals surface area contributed by atoms with E-state index in [1.165, 1.54) is 12.8 Å². The zero-order chi connectivity index (χ0) is 9.90. The Kier molecular flexibility index (Phi) is 3.18. The van der Waals surface area contributed by atoms with Crippen LogP contribution in [0.1, 0.15) is 51.6 Å². The first-order valence-electron chi connectivity index (χ1n) is 5.19. The lowest BCUT2D eigenvalue weighted by molar-refractivity contribution is 0.319. The maximum atomic E-state index is 5.69. The molecule has 0 spiro atoms. The van der Waals surface area contributed by atoms with Crippen LogP contribution < -0.4 is 0 Å². The van der Waals surface area contributed by atoms with Crippen LogP contribution in [0.2, 0.25) is 0 Å². The molecule has 0 aliphatic rings. The fraction of sp³-hybridized carbons (Fsp3) is 0.667. The average Bonchev–Trinajstić information content (AvgIpc) is 2.52. The molecule has 0 saturated carbocycles. The second kappa shape index (κ2) is 3.99. The Hall–Kier alpha value is -0.720. The van der Waals surface area contributed by atoms with E-state index in [2.05, 4.69) is 32.9 Å². The highest BCUT2D eigenvalue weighted by molar-refractivity contribution is 5.15. The van der Waals surface area contributed by atoms with Crippen molar-refractivity contribution in [2.75, 3.05) is 0 Å². The molecular formula is C12H20O. The van der Waals surface area contributed by atoms with Gasteiger partial charge in [-0.25, -0.2) is 0 Å². The lowest BCUT2D eigenvalue weighted by Gasteiger charge is -2.25. The fourth-order valence-corrected chi connectivity index (χ4v) is 1.78. The van der Waals surface area contributed by atoms with E-state index in [-0.39, 0.29) is 5.41 Å². The molecule has 0 N–H and O–H groups in total. The average molecular weight is 180 g/mol. The van der Waals surface area contributed by atoms with Crippen molar-refractivity contribution in [2.45, 2.75) is 52.4 Å². The van der Waals surface area contributed by atoms with Gasteiger partial charge < -0.3 is 4.42 Å². The zero-order valence-electron chi connectivity index (χ0n) is 9.18. The Bertz CT molecular complexity index is 262. The predicted octanol–water partition coefficient (Wildman–Crippen LogP) is 4.06. The van der Waals surface area contributed by atoms with Crippen molar-refractivity contribution < 1.29 is 4.42 Å². The molecule has 1 aromatic rings. The van der Waals surface area contributed by atoms with E-state index in [1.54, 1.807) is 0 Å². The minimum atomic E-state index is 0.239. The van der Waals surface area contributed by atoms with Gasteiger partial charge >= 0.3 is 0 Å². The minimum Gasteiger partial charge on any atom is -0.466 e. The maximum absolute atomic E-state index is 5.69. The molecule has 1 atom stereocenters. The number of furan rings is 1. The van der Waals surface area contributed by atoms with E-state index in [0.717, 1.165) is 17.9 Å². The largest absolute Gasteiger partial charge is 0.466 e. The van der Waals surface area contributed by atoms with Gasteiger partial charge in [0.25, 0.3) is 0 Å². The van der Waals surface area contributed by atoms with Crippen molar-refractivity contribution in [1.29, 1.82) is 0 Å². The fourth-order valence-electron chi connectivity index (χ4n) is 1.78. The summed E-state index contributed by atoms with van der Waals surface area (Å²) in [6.45, 7) is 8.75. The van der Waals surface area contributed by atoms with E-state index < -0.39 is 0 Å². The lowest BCUT2D eigenvalue weighted by Crippen LogP contribution is -2.19. The number of hydrogen-bond donors (Lipinski definition) is 0. The third kappa shape index (κ3) is 2.15. The second-order valence-electron chi connectivity index (χ2n) is 4.07.